The molecule has 4 aliphatic rings. The number of piperidine rings is 4. The molecule has 144 valence electrons. The first-order valence-electron chi connectivity index (χ1n) is 10.1. The number of fused-ring (bicyclic) bond motifs is 3. The third kappa shape index (κ3) is 5.52. The Bertz CT molecular complexity index is 428. The Balaban J connectivity index is 1.39. The Morgan fingerprint density at radius 2 is 1.96 bits per heavy atom. The molecule has 0 saturated carbocycles. The van der Waals surface area contributed by atoms with E-state index in [4.69, 9.17) is 17.0 Å². The molecule has 0 spiro atoms. The molecule has 2 N–H and O–H groups in total. The number of likely N-dealkylation sites (tertiary alicyclic amines) is 1. The molecule has 4 saturated heterocycles. The minimum absolute atomic E-state index is 0.651. The van der Waals surface area contributed by atoms with Gasteiger partial charge in [-0.15, -0.1) is 0 Å². The second-order valence-electron chi connectivity index (χ2n) is 8.31. The predicted molar refractivity (Wildman–Crippen MR) is 107 cm³/mol. The molecule has 4 unspecified atom stereocenters. The molecule has 2 bridgehead atoms. The number of methoxy groups -OCH3 is 1. The van der Waals surface area contributed by atoms with Gasteiger partial charge in [-0.25, -0.2) is 0 Å². The van der Waals surface area contributed by atoms with Gasteiger partial charge in [0.15, 0.2) is 5.11 Å². The molecule has 0 radical (unpaired) electrons. The number of hydrogen-bond donors (Lipinski definition) is 2. The first-order valence-corrected chi connectivity index (χ1v) is 10.5. The highest BCUT2D eigenvalue weighted by Gasteiger charge is 2.40. The fraction of sp³-hybridized carbons (Fsp3) is 0.947. The maximum absolute atomic E-state index is 5.36. The standard InChI is InChI=1S/C19H36N4OS/c1-15-3-7-22(8-4-15)13-17-14-23-9-5-16(17)11-18(23)12-21-19(25)20-6-10-24-2/h15-18H,3-14H2,1-2H3,(H2,20,21,25). The van der Waals surface area contributed by atoms with Crippen LogP contribution in [0.1, 0.15) is 32.6 Å². The van der Waals surface area contributed by atoms with E-state index in [1.54, 1.807) is 7.11 Å². The third-order valence-electron chi connectivity index (χ3n) is 6.47. The van der Waals surface area contributed by atoms with Crippen molar-refractivity contribution >= 4 is 17.3 Å². The second kappa shape index (κ2) is 9.49. The largest absolute Gasteiger partial charge is 0.383 e. The van der Waals surface area contributed by atoms with Crippen LogP contribution in [0.2, 0.25) is 0 Å². The molecule has 4 aliphatic heterocycles. The molecule has 4 rings (SSSR count). The highest BCUT2D eigenvalue weighted by Crippen LogP contribution is 2.36. The summed E-state index contributed by atoms with van der Waals surface area (Å²) in [5.74, 6) is 2.72. The summed E-state index contributed by atoms with van der Waals surface area (Å²) in [6, 6.07) is 0.651. The van der Waals surface area contributed by atoms with Crippen LogP contribution in [0.4, 0.5) is 0 Å². The maximum atomic E-state index is 5.36. The number of rotatable bonds is 7. The van der Waals surface area contributed by atoms with Gasteiger partial charge in [-0.1, -0.05) is 6.92 Å². The van der Waals surface area contributed by atoms with Crippen LogP contribution in [-0.4, -0.2) is 80.5 Å². The molecule has 0 amide bonds. The van der Waals surface area contributed by atoms with E-state index in [9.17, 15) is 0 Å². The van der Waals surface area contributed by atoms with Gasteiger partial charge >= 0.3 is 0 Å². The summed E-state index contributed by atoms with van der Waals surface area (Å²) in [5, 5.41) is 7.38. The first kappa shape index (κ1) is 19.3. The molecule has 25 heavy (non-hydrogen) atoms. The molecule has 6 heteroatoms. The van der Waals surface area contributed by atoms with Gasteiger partial charge in [-0.3, -0.25) is 4.90 Å². The Morgan fingerprint density at radius 3 is 2.64 bits per heavy atom. The lowest BCUT2D eigenvalue weighted by molar-refractivity contribution is -0.0139. The van der Waals surface area contributed by atoms with Crippen molar-refractivity contribution in [2.45, 2.75) is 38.6 Å². The molecule has 4 heterocycles. The second-order valence-corrected chi connectivity index (χ2v) is 8.71. The van der Waals surface area contributed by atoms with Gasteiger partial charge in [0.25, 0.3) is 0 Å². The van der Waals surface area contributed by atoms with Crippen molar-refractivity contribution in [1.82, 2.24) is 20.4 Å². The summed E-state index contributed by atoms with van der Waals surface area (Å²) in [6.45, 7) is 11.4. The fourth-order valence-corrected chi connectivity index (χ4v) is 4.97. The zero-order chi connectivity index (χ0) is 17.6. The summed E-state index contributed by atoms with van der Waals surface area (Å²) in [5.41, 5.74) is 0. The Kier molecular flexibility index (Phi) is 7.34. The van der Waals surface area contributed by atoms with Gasteiger partial charge in [0.2, 0.25) is 0 Å². The summed E-state index contributed by atoms with van der Waals surface area (Å²) in [6.07, 6.45) is 5.51. The number of hydrogen-bond acceptors (Lipinski definition) is 4. The van der Waals surface area contributed by atoms with Gasteiger partial charge in [0.05, 0.1) is 6.61 Å². The lowest BCUT2D eigenvalue weighted by Crippen LogP contribution is -2.59. The van der Waals surface area contributed by atoms with E-state index in [2.05, 4.69) is 27.4 Å². The van der Waals surface area contributed by atoms with Crippen LogP contribution in [0.25, 0.3) is 0 Å². The van der Waals surface area contributed by atoms with E-state index in [-0.39, 0.29) is 0 Å². The molecule has 0 aliphatic carbocycles. The van der Waals surface area contributed by atoms with Crippen LogP contribution in [-0.2, 0) is 4.74 Å². The molecular weight excluding hydrogens is 332 g/mol. The van der Waals surface area contributed by atoms with Crippen molar-refractivity contribution in [3.8, 4) is 0 Å². The van der Waals surface area contributed by atoms with E-state index in [0.29, 0.717) is 12.6 Å². The summed E-state index contributed by atoms with van der Waals surface area (Å²) in [4.78, 5) is 5.44. The molecule has 0 aromatic heterocycles. The van der Waals surface area contributed by atoms with Crippen LogP contribution >= 0.6 is 12.2 Å². The predicted octanol–water partition coefficient (Wildman–Crippen LogP) is 1.54. The van der Waals surface area contributed by atoms with Gasteiger partial charge in [0.1, 0.15) is 0 Å². The van der Waals surface area contributed by atoms with Crippen LogP contribution < -0.4 is 10.6 Å². The van der Waals surface area contributed by atoms with E-state index in [1.807, 2.05) is 0 Å². The van der Waals surface area contributed by atoms with Gasteiger partial charge in [0, 0.05) is 39.3 Å². The Morgan fingerprint density at radius 1 is 1.16 bits per heavy atom. The van der Waals surface area contributed by atoms with E-state index in [0.717, 1.165) is 36.0 Å². The highest BCUT2D eigenvalue weighted by atomic mass is 32.1. The van der Waals surface area contributed by atoms with Crippen LogP contribution in [0.15, 0.2) is 0 Å². The van der Waals surface area contributed by atoms with E-state index >= 15 is 0 Å². The van der Waals surface area contributed by atoms with Crippen LogP contribution in [0.5, 0.6) is 0 Å². The number of nitrogens with one attached hydrogen (secondary N) is 2. The van der Waals surface area contributed by atoms with Crippen molar-refractivity contribution in [2.24, 2.45) is 17.8 Å². The minimum atomic E-state index is 0.651. The monoisotopic (exact) mass is 368 g/mol. The van der Waals surface area contributed by atoms with Gasteiger partial charge in [-0.05, 0) is 75.3 Å². The van der Waals surface area contributed by atoms with Crippen molar-refractivity contribution in [3.63, 3.8) is 0 Å². The molecule has 0 aromatic carbocycles. The van der Waals surface area contributed by atoms with Crippen molar-refractivity contribution in [3.05, 3.63) is 0 Å². The average molecular weight is 369 g/mol. The molecule has 4 atom stereocenters. The smallest absolute Gasteiger partial charge is 0.166 e. The zero-order valence-corrected chi connectivity index (χ0v) is 16.8. The van der Waals surface area contributed by atoms with Crippen molar-refractivity contribution in [1.29, 1.82) is 0 Å². The zero-order valence-electron chi connectivity index (χ0n) is 16.0. The SMILES string of the molecule is COCCNC(=S)NCC1CC2CCN1CC2CN1CCC(C)CC1. The van der Waals surface area contributed by atoms with Gasteiger partial charge < -0.3 is 20.3 Å². The first-order chi connectivity index (χ1) is 12.2. The molecular formula is C19H36N4OS. The quantitative estimate of drug-likeness (QED) is 0.525. The van der Waals surface area contributed by atoms with Gasteiger partial charge in [-0.2, -0.15) is 0 Å². The lowest BCUT2D eigenvalue weighted by atomic mass is 9.75. The third-order valence-corrected chi connectivity index (χ3v) is 6.76. The highest BCUT2D eigenvalue weighted by molar-refractivity contribution is 7.80. The molecule has 4 fully saturated rings. The van der Waals surface area contributed by atoms with E-state index < -0.39 is 0 Å². The average Bonchev–Trinajstić information content (AvgIpc) is 2.63. The molecule has 0 aromatic rings. The summed E-state index contributed by atoms with van der Waals surface area (Å²) >= 11 is 5.36. The normalized spacial score (nSPS) is 33.4. The topological polar surface area (TPSA) is 39.8 Å². The summed E-state index contributed by atoms with van der Waals surface area (Å²) in [7, 11) is 1.71. The lowest BCUT2D eigenvalue weighted by Gasteiger charge is -2.51. The number of nitrogens with zero attached hydrogens (tertiary/aromatic N) is 2. The number of thiocarbonyl (C=S) groups is 1. The fourth-order valence-electron chi connectivity index (χ4n) is 4.78. The molecule has 5 nitrogen and oxygen atoms in total. The summed E-state index contributed by atoms with van der Waals surface area (Å²) < 4.78 is 5.04. The van der Waals surface area contributed by atoms with E-state index in [1.165, 1.54) is 58.4 Å². The minimum Gasteiger partial charge on any atom is -0.383 e. The van der Waals surface area contributed by atoms with Crippen molar-refractivity contribution < 1.29 is 4.74 Å². The van der Waals surface area contributed by atoms with Crippen molar-refractivity contribution in [2.75, 3.05) is 59.5 Å². The Hall–Kier alpha value is -0.430. The number of ether oxygens (including phenoxy) is 1. The van der Waals surface area contributed by atoms with Crippen LogP contribution in [0.3, 0.4) is 0 Å². The maximum Gasteiger partial charge on any atom is 0.166 e. The Labute approximate surface area is 158 Å². The van der Waals surface area contributed by atoms with Crippen LogP contribution in [0, 0.1) is 17.8 Å².